The lowest BCUT2D eigenvalue weighted by Crippen LogP contribution is -1.85. The van der Waals surface area contributed by atoms with E-state index in [9.17, 15) is 0 Å². The molecule has 3 rings (SSSR count). The molecule has 0 aliphatic carbocycles. The molecule has 3 nitrogen and oxygen atoms in total. The summed E-state index contributed by atoms with van der Waals surface area (Å²) in [6.07, 6.45) is 3.48. The second-order valence-corrected chi connectivity index (χ2v) is 3.10. The molecule has 66 valence electrons. The molecule has 1 aromatic carbocycles. The summed E-state index contributed by atoms with van der Waals surface area (Å²) in [6, 6.07) is 9.90. The van der Waals surface area contributed by atoms with Crippen molar-refractivity contribution in [2.24, 2.45) is 0 Å². The maximum Gasteiger partial charge on any atom is 0.0951 e. The highest BCUT2D eigenvalue weighted by Crippen LogP contribution is 2.20. The van der Waals surface area contributed by atoms with Crippen LogP contribution in [0.5, 0.6) is 0 Å². The van der Waals surface area contributed by atoms with E-state index in [-0.39, 0.29) is 0 Å². The van der Waals surface area contributed by atoms with Crippen LogP contribution in [-0.4, -0.2) is 15.2 Å². The van der Waals surface area contributed by atoms with Crippen molar-refractivity contribution in [2.75, 3.05) is 0 Å². The molecule has 0 saturated heterocycles. The fraction of sp³-hybridized carbons (Fsp3) is 0. The fourth-order valence-corrected chi connectivity index (χ4v) is 1.61. The van der Waals surface area contributed by atoms with Gasteiger partial charge in [0.15, 0.2) is 0 Å². The van der Waals surface area contributed by atoms with Gasteiger partial charge in [-0.05, 0) is 18.2 Å². The van der Waals surface area contributed by atoms with E-state index >= 15 is 0 Å². The van der Waals surface area contributed by atoms with Gasteiger partial charge in [-0.3, -0.25) is 4.98 Å². The number of nitrogens with zero attached hydrogens (tertiary/aromatic N) is 3. The lowest BCUT2D eigenvalue weighted by Gasteiger charge is -1.99. The summed E-state index contributed by atoms with van der Waals surface area (Å²) in [4.78, 5) is 4.34. The zero-order valence-corrected chi connectivity index (χ0v) is 7.38. The molecule has 14 heavy (non-hydrogen) atoms. The first kappa shape index (κ1) is 7.38. The lowest BCUT2D eigenvalue weighted by molar-refractivity contribution is 1.08. The topological polar surface area (TPSA) is 38.7 Å². The Labute approximate surface area is 80.4 Å². The molecule has 0 N–H and O–H groups in total. The predicted molar refractivity (Wildman–Crippen MR) is 54.8 cm³/mol. The van der Waals surface area contributed by atoms with E-state index in [0.717, 1.165) is 21.8 Å². The number of fused-ring (bicyclic) bond motifs is 3. The first-order valence-corrected chi connectivity index (χ1v) is 4.40. The van der Waals surface area contributed by atoms with Crippen LogP contribution in [0.15, 0.2) is 42.7 Å². The summed E-state index contributed by atoms with van der Waals surface area (Å²) in [7, 11) is 0. The van der Waals surface area contributed by atoms with E-state index in [1.54, 1.807) is 12.4 Å². The van der Waals surface area contributed by atoms with Crippen molar-refractivity contribution in [3.63, 3.8) is 0 Å². The first-order chi connectivity index (χ1) is 6.95. The minimum atomic E-state index is 0.888. The van der Waals surface area contributed by atoms with Crippen LogP contribution in [0.2, 0.25) is 0 Å². The summed E-state index contributed by atoms with van der Waals surface area (Å²) in [5.74, 6) is 0. The summed E-state index contributed by atoms with van der Waals surface area (Å²) in [6.45, 7) is 0. The van der Waals surface area contributed by atoms with Crippen LogP contribution in [0, 0.1) is 0 Å². The molecular formula is C11H7N3. The normalized spacial score (nSPS) is 10.9. The number of pyridine rings is 1. The summed E-state index contributed by atoms with van der Waals surface area (Å²) < 4.78 is 0. The van der Waals surface area contributed by atoms with Crippen LogP contribution >= 0.6 is 0 Å². The molecule has 0 unspecified atom stereocenters. The van der Waals surface area contributed by atoms with Gasteiger partial charge in [0, 0.05) is 17.0 Å². The van der Waals surface area contributed by atoms with E-state index in [4.69, 9.17) is 0 Å². The highest BCUT2D eigenvalue weighted by atomic mass is 15.1. The van der Waals surface area contributed by atoms with Crippen molar-refractivity contribution in [1.82, 2.24) is 15.2 Å². The van der Waals surface area contributed by atoms with Gasteiger partial charge in [-0.1, -0.05) is 12.1 Å². The largest absolute Gasteiger partial charge is 0.256 e. The smallest absolute Gasteiger partial charge is 0.0951 e. The van der Waals surface area contributed by atoms with Crippen LogP contribution < -0.4 is 0 Å². The van der Waals surface area contributed by atoms with Crippen LogP contribution in [0.4, 0.5) is 0 Å². The maximum atomic E-state index is 4.34. The average molecular weight is 181 g/mol. The van der Waals surface area contributed by atoms with Crippen molar-refractivity contribution in [2.45, 2.75) is 0 Å². The Kier molecular flexibility index (Phi) is 1.44. The fourth-order valence-electron chi connectivity index (χ4n) is 1.61. The van der Waals surface area contributed by atoms with Gasteiger partial charge in [0.25, 0.3) is 0 Å². The molecule has 0 aliphatic heterocycles. The third kappa shape index (κ3) is 0.956. The Morgan fingerprint density at radius 2 is 1.93 bits per heavy atom. The predicted octanol–water partition coefficient (Wildman–Crippen LogP) is 2.18. The highest BCUT2D eigenvalue weighted by Gasteiger charge is 2.00. The van der Waals surface area contributed by atoms with E-state index in [2.05, 4.69) is 15.2 Å². The van der Waals surface area contributed by atoms with Gasteiger partial charge in [0.2, 0.25) is 0 Å². The van der Waals surface area contributed by atoms with Crippen molar-refractivity contribution in [3.05, 3.63) is 42.7 Å². The second kappa shape index (κ2) is 2.73. The number of benzene rings is 1. The van der Waals surface area contributed by atoms with Gasteiger partial charge in [0.1, 0.15) is 0 Å². The van der Waals surface area contributed by atoms with Gasteiger partial charge < -0.3 is 0 Å². The van der Waals surface area contributed by atoms with Gasteiger partial charge in [-0.2, -0.15) is 10.2 Å². The van der Waals surface area contributed by atoms with E-state index in [1.165, 1.54) is 0 Å². The summed E-state index contributed by atoms with van der Waals surface area (Å²) in [5, 5.41) is 10.1. The van der Waals surface area contributed by atoms with E-state index in [1.807, 2.05) is 30.3 Å². The Morgan fingerprint density at radius 3 is 2.93 bits per heavy atom. The zero-order chi connectivity index (χ0) is 9.38. The molecule has 3 heteroatoms. The van der Waals surface area contributed by atoms with Crippen molar-refractivity contribution < 1.29 is 0 Å². The molecule has 2 heterocycles. The van der Waals surface area contributed by atoms with Crippen molar-refractivity contribution in [3.8, 4) is 0 Å². The molecule has 0 atom stereocenters. The highest BCUT2D eigenvalue weighted by molar-refractivity contribution is 6.03. The summed E-state index contributed by atoms with van der Waals surface area (Å²) in [5.41, 5.74) is 1.87. The minimum Gasteiger partial charge on any atom is -0.256 e. The molecule has 2 aromatic heterocycles. The Hall–Kier alpha value is -2.03. The maximum absolute atomic E-state index is 4.34. The van der Waals surface area contributed by atoms with Crippen LogP contribution in [0.3, 0.4) is 0 Å². The summed E-state index contributed by atoms with van der Waals surface area (Å²) >= 11 is 0. The minimum absolute atomic E-state index is 0.888. The molecule has 0 fully saturated rings. The van der Waals surface area contributed by atoms with Crippen molar-refractivity contribution >= 4 is 21.8 Å². The van der Waals surface area contributed by atoms with E-state index in [0.29, 0.717) is 0 Å². The number of hydrogen-bond acceptors (Lipinski definition) is 3. The average Bonchev–Trinajstić information content (AvgIpc) is 2.29. The number of rotatable bonds is 0. The number of aromatic nitrogens is 3. The molecule has 0 aliphatic rings. The molecule has 3 aromatic rings. The zero-order valence-electron chi connectivity index (χ0n) is 7.38. The molecule has 0 radical (unpaired) electrons. The van der Waals surface area contributed by atoms with Gasteiger partial charge in [-0.15, -0.1) is 0 Å². The third-order valence-corrected chi connectivity index (χ3v) is 2.26. The molecule has 0 bridgehead atoms. The third-order valence-electron chi connectivity index (χ3n) is 2.26. The lowest BCUT2D eigenvalue weighted by atomic mass is 10.1. The van der Waals surface area contributed by atoms with Crippen LogP contribution in [0.25, 0.3) is 21.8 Å². The standard InChI is InChI=1S/C11H7N3/c1-2-8-3-4-10-9(5-7-13-14-10)11(8)12-6-1/h1-7H. The quantitative estimate of drug-likeness (QED) is 0.499. The molecule has 0 saturated carbocycles. The SMILES string of the molecule is c1cnc2c(c1)ccc1nnccc12. The van der Waals surface area contributed by atoms with Crippen LogP contribution in [0.1, 0.15) is 0 Å². The first-order valence-electron chi connectivity index (χ1n) is 4.40. The molecule has 0 spiro atoms. The Morgan fingerprint density at radius 1 is 0.929 bits per heavy atom. The Balaban J connectivity index is 2.61. The molecule has 0 amide bonds. The van der Waals surface area contributed by atoms with Gasteiger partial charge in [-0.25, -0.2) is 0 Å². The second-order valence-electron chi connectivity index (χ2n) is 3.10. The monoisotopic (exact) mass is 181 g/mol. The van der Waals surface area contributed by atoms with Crippen molar-refractivity contribution in [1.29, 1.82) is 0 Å². The van der Waals surface area contributed by atoms with Crippen LogP contribution in [-0.2, 0) is 0 Å². The van der Waals surface area contributed by atoms with E-state index < -0.39 is 0 Å². The van der Waals surface area contributed by atoms with Gasteiger partial charge >= 0.3 is 0 Å². The molecular weight excluding hydrogens is 174 g/mol. The Bertz CT molecular complexity index is 550. The number of hydrogen-bond donors (Lipinski definition) is 0. The van der Waals surface area contributed by atoms with Gasteiger partial charge in [0.05, 0.1) is 17.2 Å².